The predicted octanol–water partition coefficient (Wildman–Crippen LogP) is 4.55. The van der Waals surface area contributed by atoms with Gasteiger partial charge in [-0.05, 0) is 42.3 Å². The van der Waals surface area contributed by atoms with Gasteiger partial charge in [0.25, 0.3) is 5.91 Å². The van der Waals surface area contributed by atoms with E-state index in [-0.39, 0.29) is 31.5 Å². The molecule has 40 heavy (non-hydrogen) atoms. The molecule has 3 aromatic rings. The Morgan fingerprint density at radius 1 is 1.00 bits per heavy atom. The third-order valence-electron chi connectivity index (χ3n) is 6.30. The van der Waals surface area contributed by atoms with Gasteiger partial charge in [-0.2, -0.15) is 0 Å². The van der Waals surface area contributed by atoms with E-state index in [0.29, 0.717) is 35.7 Å². The smallest absolute Gasteiger partial charge is 0.288 e. The minimum Gasteiger partial charge on any atom is -0.497 e. The second-order valence-electron chi connectivity index (χ2n) is 9.11. The molecule has 0 aliphatic heterocycles. The lowest BCUT2D eigenvalue weighted by Crippen LogP contribution is -2.43. The number of unbranched alkanes of at least 4 members (excludes halogenated alkanes) is 2. The molecule has 0 saturated heterocycles. The summed E-state index contributed by atoms with van der Waals surface area (Å²) in [5, 5.41) is 6.54. The van der Waals surface area contributed by atoms with Gasteiger partial charge in [-0.1, -0.05) is 56.5 Å². The van der Waals surface area contributed by atoms with Gasteiger partial charge in [0.2, 0.25) is 12.3 Å². The molecule has 2 aromatic carbocycles. The Morgan fingerprint density at radius 2 is 1.80 bits per heavy atom. The minimum atomic E-state index is -0.500. The van der Waals surface area contributed by atoms with Crippen molar-refractivity contribution in [2.75, 3.05) is 27.4 Å². The van der Waals surface area contributed by atoms with E-state index in [1.165, 1.54) is 0 Å². The van der Waals surface area contributed by atoms with Crippen LogP contribution in [-0.4, -0.2) is 50.7 Å². The molecule has 0 saturated carbocycles. The van der Waals surface area contributed by atoms with Crippen molar-refractivity contribution in [3.8, 4) is 22.8 Å². The fourth-order valence-electron chi connectivity index (χ4n) is 4.08. The molecule has 2 N–H and O–H groups in total. The van der Waals surface area contributed by atoms with E-state index < -0.39 is 11.8 Å². The number of rotatable bonds is 17. The molecule has 1 atom stereocenters. The first-order valence-electron chi connectivity index (χ1n) is 13.3. The standard InChI is InChI=1S/C30H37N3O7/c1-4-5-7-12-23(18-33(21-34)39-19-22-10-8-6-9-11-22)29(35)31-20-32-30(36)28-16-15-27(40-28)25-17-24(37-2)13-14-26(25)38-3/h6,8-11,13-17,21,23H,4-5,7,12,18-20H2,1-3H3,(H,31,35)(H,32,36)/t23-/m1/s1. The molecule has 3 rings (SSSR count). The van der Waals surface area contributed by atoms with E-state index in [4.69, 9.17) is 18.7 Å². The molecule has 0 radical (unpaired) electrons. The van der Waals surface area contributed by atoms with Crippen molar-refractivity contribution < 1.29 is 33.1 Å². The fourth-order valence-corrected chi connectivity index (χ4v) is 4.08. The molecule has 1 aromatic heterocycles. The van der Waals surface area contributed by atoms with Crippen LogP contribution in [0.5, 0.6) is 11.5 Å². The summed E-state index contributed by atoms with van der Waals surface area (Å²) in [6.45, 7) is 2.29. The molecule has 0 spiro atoms. The van der Waals surface area contributed by atoms with Crippen LogP contribution in [0, 0.1) is 5.92 Å². The van der Waals surface area contributed by atoms with Crippen LogP contribution in [0.25, 0.3) is 11.3 Å². The van der Waals surface area contributed by atoms with Crippen LogP contribution in [0.1, 0.15) is 48.7 Å². The molecule has 0 aliphatic carbocycles. The van der Waals surface area contributed by atoms with E-state index in [0.717, 1.165) is 29.9 Å². The molecule has 10 nitrogen and oxygen atoms in total. The van der Waals surface area contributed by atoms with Crippen molar-refractivity contribution >= 4 is 18.2 Å². The van der Waals surface area contributed by atoms with E-state index >= 15 is 0 Å². The molecule has 214 valence electrons. The SMILES string of the molecule is CCCCC[C@H](CN(C=O)OCc1ccccc1)C(=O)NCNC(=O)c1ccc(-c2cc(OC)ccc2OC)o1. The number of nitrogens with one attached hydrogen (secondary N) is 2. The molecule has 0 aliphatic rings. The summed E-state index contributed by atoms with van der Waals surface area (Å²) in [6.07, 6.45) is 3.95. The van der Waals surface area contributed by atoms with E-state index in [1.807, 2.05) is 30.3 Å². The average molecular weight is 552 g/mol. The molecule has 0 fully saturated rings. The van der Waals surface area contributed by atoms with Gasteiger partial charge in [-0.15, -0.1) is 0 Å². The monoisotopic (exact) mass is 551 g/mol. The maximum Gasteiger partial charge on any atom is 0.288 e. The summed E-state index contributed by atoms with van der Waals surface area (Å²) in [6, 6.07) is 17.9. The van der Waals surface area contributed by atoms with Crippen molar-refractivity contribution in [1.82, 2.24) is 15.7 Å². The number of hydrogen-bond donors (Lipinski definition) is 2. The van der Waals surface area contributed by atoms with Gasteiger partial charge < -0.3 is 24.5 Å². The van der Waals surface area contributed by atoms with Crippen LogP contribution in [0.3, 0.4) is 0 Å². The van der Waals surface area contributed by atoms with Gasteiger partial charge in [0.05, 0.1) is 38.9 Å². The van der Waals surface area contributed by atoms with Crippen LogP contribution < -0.4 is 20.1 Å². The normalized spacial score (nSPS) is 11.4. The molecular formula is C30H37N3O7. The van der Waals surface area contributed by atoms with Crippen molar-refractivity contribution in [3.05, 3.63) is 72.0 Å². The number of carbonyl (C=O) groups is 3. The maximum absolute atomic E-state index is 13.0. The van der Waals surface area contributed by atoms with Crippen molar-refractivity contribution in [2.45, 2.75) is 39.2 Å². The quantitative estimate of drug-likeness (QED) is 0.109. The van der Waals surface area contributed by atoms with Crippen LogP contribution in [-0.2, 0) is 21.0 Å². The number of hydrogen-bond acceptors (Lipinski definition) is 7. The van der Waals surface area contributed by atoms with Crippen LogP contribution in [0.4, 0.5) is 0 Å². The number of methoxy groups -OCH3 is 2. The lowest BCUT2D eigenvalue weighted by molar-refractivity contribution is -0.182. The van der Waals surface area contributed by atoms with Crippen molar-refractivity contribution in [2.24, 2.45) is 5.92 Å². The second-order valence-corrected chi connectivity index (χ2v) is 9.11. The summed E-state index contributed by atoms with van der Waals surface area (Å²) in [4.78, 5) is 42.9. The summed E-state index contributed by atoms with van der Waals surface area (Å²) in [5.41, 5.74) is 1.55. The lowest BCUT2D eigenvalue weighted by Gasteiger charge is -2.23. The highest BCUT2D eigenvalue weighted by Crippen LogP contribution is 2.34. The Hall–Kier alpha value is -4.31. The average Bonchev–Trinajstić information content (AvgIpc) is 3.49. The van der Waals surface area contributed by atoms with Gasteiger partial charge in [-0.25, -0.2) is 5.06 Å². The first-order valence-corrected chi connectivity index (χ1v) is 13.3. The highest BCUT2D eigenvalue weighted by atomic mass is 16.7. The summed E-state index contributed by atoms with van der Waals surface area (Å²) >= 11 is 0. The topological polar surface area (TPSA) is 119 Å². The molecule has 1 heterocycles. The number of ether oxygens (including phenoxy) is 2. The highest BCUT2D eigenvalue weighted by molar-refractivity contribution is 5.92. The molecule has 0 bridgehead atoms. The number of amides is 3. The number of furan rings is 1. The van der Waals surface area contributed by atoms with E-state index in [9.17, 15) is 14.4 Å². The van der Waals surface area contributed by atoms with Crippen LogP contribution in [0.15, 0.2) is 65.1 Å². The highest BCUT2D eigenvalue weighted by Gasteiger charge is 2.22. The molecule has 0 unspecified atom stereocenters. The number of nitrogens with zero attached hydrogens (tertiary/aromatic N) is 1. The van der Waals surface area contributed by atoms with E-state index in [1.54, 1.807) is 44.6 Å². The van der Waals surface area contributed by atoms with Crippen LogP contribution in [0.2, 0.25) is 0 Å². The molecule has 3 amide bonds. The van der Waals surface area contributed by atoms with Gasteiger partial charge in [-0.3, -0.25) is 19.2 Å². The van der Waals surface area contributed by atoms with Gasteiger partial charge >= 0.3 is 0 Å². The first-order chi connectivity index (χ1) is 19.5. The molecule has 10 heteroatoms. The Labute approximate surface area is 234 Å². The Bertz CT molecular complexity index is 1230. The van der Waals surface area contributed by atoms with Gasteiger partial charge in [0.15, 0.2) is 5.76 Å². The zero-order valence-electron chi connectivity index (χ0n) is 23.2. The number of benzene rings is 2. The number of hydroxylamine groups is 2. The third-order valence-corrected chi connectivity index (χ3v) is 6.30. The van der Waals surface area contributed by atoms with Crippen molar-refractivity contribution in [3.63, 3.8) is 0 Å². The Morgan fingerprint density at radius 3 is 2.50 bits per heavy atom. The summed E-state index contributed by atoms with van der Waals surface area (Å²) < 4.78 is 16.4. The summed E-state index contributed by atoms with van der Waals surface area (Å²) in [5.74, 6) is 0.429. The fraction of sp³-hybridized carbons (Fsp3) is 0.367. The maximum atomic E-state index is 13.0. The number of carbonyl (C=O) groups excluding carboxylic acids is 3. The predicted molar refractivity (Wildman–Crippen MR) is 149 cm³/mol. The van der Waals surface area contributed by atoms with Gasteiger partial charge in [0, 0.05) is 0 Å². The zero-order valence-corrected chi connectivity index (χ0v) is 23.2. The van der Waals surface area contributed by atoms with Crippen LogP contribution >= 0.6 is 0 Å². The minimum absolute atomic E-state index is 0.0788. The lowest BCUT2D eigenvalue weighted by atomic mass is 10.0. The van der Waals surface area contributed by atoms with Gasteiger partial charge in [0.1, 0.15) is 23.9 Å². The second kappa shape index (κ2) is 15.9. The first kappa shape index (κ1) is 30.2. The third kappa shape index (κ3) is 8.88. The largest absolute Gasteiger partial charge is 0.497 e. The van der Waals surface area contributed by atoms with Crippen molar-refractivity contribution in [1.29, 1.82) is 0 Å². The Balaban J connectivity index is 1.56. The summed E-state index contributed by atoms with van der Waals surface area (Å²) in [7, 11) is 3.10. The van der Waals surface area contributed by atoms with E-state index in [2.05, 4.69) is 17.6 Å². The Kier molecular flexibility index (Phi) is 12.1. The zero-order chi connectivity index (χ0) is 28.7. The molecular weight excluding hydrogens is 514 g/mol.